The number of H-pyrrole nitrogens is 1. The fraction of sp³-hybridized carbons (Fsp3) is 0.200. The van der Waals surface area contributed by atoms with E-state index in [1.165, 1.54) is 6.33 Å². The predicted octanol–water partition coefficient (Wildman–Crippen LogP) is 0.981. The third-order valence-electron chi connectivity index (χ3n) is 1.35. The summed E-state index contributed by atoms with van der Waals surface area (Å²) < 4.78 is 0. The van der Waals surface area contributed by atoms with Gasteiger partial charge in [0.25, 0.3) is 0 Å². The molecular weight excluding hydrogens is 166 g/mol. The fourth-order valence-electron chi connectivity index (χ4n) is 0.879. The molecule has 1 aliphatic rings. The van der Waals surface area contributed by atoms with Gasteiger partial charge in [0, 0.05) is 5.96 Å². The number of nitrogens with two attached hydrogens (primary N) is 1. The Bertz CT molecular complexity index is 304. The second kappa shape index (κ2) is 2.13. The van der Waals surface area contributed by atoms with E-state index >= 15 is 0 Å². The topological polar surface area (TPSA) is 81.2 Å². The number of halogens is 1. The second-order valence-corrected chi connectivity index (χ2v) is 2.49. The third-order valence-corrected chi connectivity index (χ3v) is 1.67. The van der Waals surface area contributed by atoms with Crippen LogP contribution in [0.5, 0.6) is 0 Å². The van der Waals surface area contributed by atoms with Gasteiger partial charge in [-0.25, -0.2) is 4.98 Å². The molecule has 0 radical (unpaired) electrons. The monoisotopic (exact) mass is 170 g/mol. The molecule has 0 saturated heterocycles. The minimum atomic E-state index is -0.481. The highest BCUT2D eigenvalue weighted by molar-refractivity contribution is 6.25. The van der Waals surface area contributed by atoms with Gasteiger partial charge >= 0.3 is 0 Å². The molecule has 0 fully saturated rings. The Balaban J connectivity index is 2.51. The van der Waals surface area contributed by atoms with Crippen molar-refractivity contribution in [3.63, 3.8) is 0 Å². The lowest BCUT2D eigenvalue weighted by Crippen LogP contribution is -2.14. The first kappa shape index (κ1) is 6.48. The maximum Gasteiger partial charge on any atom is 0.110 e. The lowest BCUT2D eigenvalue weighted by Gasteiger charge is -2.22. The second-order valence-electron chi connectivity index (χ2n) is 2.07. The molecule has 0 amide bonds. The average Bonchev–Trinajstić information content (AvgIpc) is 2.34. The fourth-order valence-corrected chi connectivity index (χ4v) is 1.14. The molecule has 3 N–H and O–H groups in total. The van der Waals surface area contributed by atoms with Crippen LogP contribution < -0.4 is 5.73 Å². The van der Waals surface area contributed by atoms with Crippen LogP contribution in [-0.2, 0) is 0 Å². The van der Waals surface area contributed by atoms with Gasteiger partial charge < -0.3 is 21.0 Å². The Labute approximate surface area is 67.7 Å². The molecule has 0 bridgehead atoms. The number of aliphatic imine (C=N–C) groups is 1. The van der Waals surface area contributed by atoms with Crippen LogP contribution >= 0.6 is 11.6 Å². The summed E-state index contributed by atoms with van der Waals surface area (Å²) in [5, 5.41) is 3.82. The van der Waals surface area contributed by atoms with Crippen molar-refractivity contribution < 1.29 is 0 Å². The molecule has 2 rings (SSSR count). The minimum absolute atomic E-state index is 0.171. The van der Waals surface area contributed by atoms with Crippen molar-refractivity contribution in [1.29, 1.82) is 0 Å². The lowest BCUT2D eigenvalue weighted by atomic mass is 10.4. The largest absolute Gasteiger partial charge is 0.453 e. The van der Waals surface area contributed by atoms with Gasteiger partial charge in [0.1, 0.15) is 11.3 Å². The van der Waals surface area contributed by atoms with Gasteiger partial charge in [0.15, 0.2) is 0 Å². The van der Waals surface area contributed by atoms with E-state index in [1.807, 2.05) is 0 Å². The molecule has 1 aromatic heterocycles. The summed E-state index contributed by atoms with van der Waals surface area (Å²) >= 11 is 5.78. The van der Waals surface area contributed by atoms with E-state index in [-0.39, 0.29) is 5.96 Å². The van der Waals surface area contributed by atoms with E-state index in [9.17, 15) is 0 Å². The Hall–Kier alpha value is -1.23. The van der Waals surface area contributed by atoms with Crippen LogP contribution in [0.3, 0.4) is 0 Å². The first-order chi connectivity index (χ1) is 5.27. The molecule has 1 aromatic rings. The summed E-state index contributed by atoms with van der Waals surface area (Å²) in [6, 6.07) is 0. The Morgan fingerprint density at radius 1 is 1.73 bits per heavy atom. The first-order valence-corrected chi connectivity index (χ1v) is 3.43. The van der Waals surface area contributed by atoms with Crippen LogP contribution in [0, 0.1) is 0 Å². The summed E-state index contributed by atoms with van der Waals surface area (Å²) in [6.07, 6.45) is 1.51. The van der Waals surface area contributed by atoms with E-state index in [4.69, 9.17) is 17.3 Å². The van der Waals surface area contributed by atoms with Crippen LogP contribution in [0.25, 0.3) is 5.32 Å². The Morgan fingerprint density at radius 2 is 2.55 bits per heavy atom. The zero-order chi connectivity index (χ0) is 7.84. The minimum Gasteiger partial charge on any atom is -0.453 e. The highest BCUT2D eigenvalue weighted by Gasteiger charge is 2.14. The number of aromatic amines is 1. The third kappa shape index (κ3) is 0.932. The van der Waals surface area contributed by atoms with Crippen molar-refractivity contribution in [2.75, 3.05) is 0 Å². The summed E-state index contributed by atoms with van der Waals surface area (Å²) in [4.78, 5) is 10.6. The van der Waals surface area contributed by atoms with Crippen LogP contribution in [-0.4, -0.2) is 15.9 Å². The van der Waals surface area contributed by atoms with Crippen molar-refractivity contribution in [3.8, 4) is 0 Å². The number of nitrogens with zero attached hydrogens (tertiary/aromatic N) is 3. The van der Waals surface area contributed by atoms with Gasteiger partial charge in [-0.05, 0) is 0 Å². The molecular formula is C5H5ClN5-. The molecule has 0 spiro atoms. The van der Waals surface area contributed by atoms with E-state index in [0.29, 0.717) is 11.5 Å². The normalized spacial score (nSPS) is 21.9. The summed E-state index contributed by atoms with van der Waals surface area (Å²) in [5.74, 6) is 0.696. The SMILES string of the molecule is NC1=Nc2nc[nH]c2C(Cl)[N-]1. The molecule has 1 atom stereocenters. The van der Waals surface area contributed by atoms with Crippen LogP contribution in [0.15, 0.2) is 11.3 Å². The zero-order valence-corrected chi connectivity index (χ0v) is 6.21. The van der Waals surface area contributed by atoms with Crippen LogP contribution in [0.4, 0.5) is 5.82 Å². The molecule has 0 saturated carbocycles. The maximum atomic E-state index is 5.78. The van der Waals surface area contributed by atoms with Crippen molar-refractivity contribution in [2.24, 2.45) is 10.7 Å². The summed E-state index contributed by atoms with van der Waals surface area (Å²) in [7, 11) is 0. The molecule has 6 heteroatoms. The Kier molecular flexibility index (Phi) is 1.25. The highest BCUT2D eigenvalue weighted by Crippen LogP contribution is 2.34. The lowest BCUT2D eigenvalue weighted by molar-refractivity contribution is 1.06. The average molecular weight is 171 g/mol. The van der Waals surface area contributed by atoms with Crippen LogP contribution in [0.2, 0.25) is 0 Å². The molecule has 1 unspecified atom stereocenters. The molecule has 2 heterocycles. The number of imidazole rings is 1. The van der Waals surface area contributed by atoms with Gasteiger partial charge in [-0.1, -0.05) is 0 Å². The molecule has 1 aliphatic heterocycles. The first-order valence-electron chi connectivity index (χ1n) is 3.00. The van der Waals surface area contributed by atoms with E-state index < -0.39 is 5.50 Å². The molecule has 11 heavy (non-hydrogen) atoms. The van der Waals surface area contributed by atoms with Crippen molar-refractivity contribution in [3.05, 3.63) is 17.3 Å². The van der Waals surface area contributed by atoms with E-state index in [1.54, 1.807) is 0 Å². The van der Waals surface area contributed by atoms with Gasteiger partial charge in [-0.3, -0.25) is 0 Å². The highest BCUT2D eigenvalue weighted by atomic mass is 35.5. The van der Waals surface area contributed by atoms with Gasteiger partial charge in [-0.15, -0.1) is 11.6 Å². The van der Waals surface area contributed by atoms with Gasteiger partial charge in [0.2, 0.25) is 0 Å². The zero-order valence-electron chi connectivity index (χ0n) is 5.45. The number of alkyl halides is 1. The number of hydrogen-bond donors (Lipinski definition) is 2. The molecule has 58 valence electrons. The van der Waals surface area contributed by atoms with E-state index in [2.05, 4.69) is 20.3 Å². The maximum absolute atomic E-state index is 5.78. The quantitative estimate of drug-likeness (QED) is 0.450. The number of rotatable bonds is 0. The molecule has 5 nitrogen and oxygen atoms in total. The number of guanidine groups is 1. The van der Waals surface area contributed by atoms with Crippen molar-refractivity contribution in [2.45, 2.75) is 5.50 Å². The summed E-state index contributed by atoms with van der Waals surface area (Å²) in [6.45, 7) is 0. The van der Waals surface area contributed by atoms with Gasteiger partial charge in [-0.2, -0.15) is 0 Å². The standard InChI is InChI=1S/C5H5ClN5/c6-3-2-4(9-1-8-2)11-5(7)10-3/h1,3H,(H3-,7,8,9,10,11)/q-1. The smallest absolute Gasteiger partial charge is 0.110 e. The number of fused-ring (bicyclic) bond motifs is 1. The summed E-state index contributed by atoms with van der Waals surface area (Å²) in [5.41, 5.74) is 5.56. The predicted molar refractivity (Wildman–Crippen MR) is 41.8 cm³/mol. The number of hydrogen-bond acceptors (Lipinski definition) is 3. The van der Waals surface area contributed by atoms with E-state index in [0.717, 1.165) is 0 Å². The number of aromatic nitrogens is 2. The Morgan fingerprint density at radius 3 is 3.36 bits per heavy atom. The van der Waals surface area contributed by atoms with Gasteiger partial charge in [0.05, 0.1) is 12.0 Å². The van der Waals surface area contributed by atoms with Crippen molar-refractivity contribution >= 4 is 23.4 Å². The molecule has 0 aromatic carbocycles. The van der Waals surface area contributed by atoms with Crippen molar-refractivity contribution in [1.82, 2.24) is 9.97 Å². The van der Waals surface area contributed by atoms with Crippen LogP contribution in [0.1, 0.15) is 11.2 Å². The molecule has 0 aliphatic carbocycles. The number of nitrogens with one attached hydrogen (secondary N) is 1.